The van der Waals surface area contributed by atoms with Crippen LogP contribution in [0.25, 0.3) is 0 Å². The van der Waals surface area contributed by atoms with Crippen LogP contribution >= 0.6 is 0 Å². The number of nitrogens with one attached hydrogen (secondary N) is 2. The van der Waals surface area contributed by atoms with Crippen LogP contribution in [0.15, 0.2) is 0 Å². The molecule has 72 valence electrons. The Bertz CT molecular complexity index is 119. The fourth-order valence-corrected chi connectivity index (χ4v) is 0.671. The molecule has 5 heteroatoms. The highest BCUT2D eigenvalue weighted by molar-refractivity contribution is 5.68. The molecule has 0 heterocycles. The SMILES string of the molecule is COCCNCCNCC(=O)O. The van der Waals surface area contributed by atoms with Gasteiger partial charge in [-0.25, -0.2) is 0 Å². The van der Waals surface area contributed by atoms with Gasteiger partial charge in [-0.1, -0.05) is 0 Å². The summed E-state index contributed by atoms with van der Waals surface area (Å²) in [4.78, 5) is 10.0. The number of methoxy groups -OCH3 is 1. The van der Waals surface area contributed by atoms with E-state index in [2.05, 4.69) is 10.6 Å². The molecule has 3 N–H and O–H groups in total. The highest BCUT2D eigenvalue weighted by Gasteiger charge is 1.93. The van der Waals surface area contributed by atoms with Gasteiger partial charge < -0.3 is 20.5 Å². The maximum Gasteiger partial charge on any atom is 0.317 e. The predicted octanol–water partition coefficient (Wildman–Crippen LogP) is -1.10. The summed E-state index contributed by atoms with van der Waals surface area (Å²) in [6, 6.07) is 0. The average Bonchev–Trinajstić information content (AvgIpc) is 2.02. The first-order chi connectivity index (χ1) is 5.77. The van der Waals surface area contributed by atoms with E-state index in [1.165, 1.54) is 0 Å². The van der Waals surface area contributed by atoms with E-state index in [9.17, 15) is 4.79 Å². The fourth-order valence-electron chi connectivity index (χ4n) is 0.671. The van der Waals surface area contributed by atoms with Crippen LogP contribution < -0.4 is 10.6 Å². The number of rotatable bonds is 8. The normalized spacial score (nSPS) is 10.1. The molecule has 0 aromatic carbocycles. The van der Waals surface area contributed by atoms with Gasteiger partial charge in [0.2, 0.25) is 0 Å². The van der Waals surface area contributed by atoms with Gasteiger partial charge in [-0.2, -0.15) is 0 Å². The Morgan fingerprint density at radius 1 is 1.33 bits per heavy atom. The second kappa shape index (κ2) is 8.45. The van der Waals surface area contributed by atoms with Crippen molar-refractivity contribution in [2.24, 2.45) is 0 Å². The molecule has 5 nitrogen and oxygen atoms in total. The summed E-state index contributed by atoms with van der Waals surface area (Å²) in [5, 5.41) is 14.1. The third-order valence-corrected chi connectivity index (χ3v) is 1.24. The van der Waals surface area contributed by atoms with Gasteiger partial charge in [-0.05, 0) is 0 Å². The van der Waals surface area contributed by atoms with E-state index >= 15 is 0 Å². The lowest BCUT2D eigenvalue weighted by Gasteiger charge is -2.03. The van der Waals surface area contributed by atoms with Crippen LogP contribution in [-0.4, -0.2) is 51.0 Å². The van der Waals surface area contributed by atoms with Crippen molar-refractivity contribution >= 4 is 5.97 Å². The number of hydrogen-bond donors (Lipinski definition) is 3. The third-order valence-electron chi connectivity index (χ3n) is 1.24. The van der Waals surface area contributed by atoms with Crippen molar-refractivity contribution in [3.05, 3.63) is 0 Å². The monoisotopic (exact) mass is 176 g/mol. The van der Waals surface area contributed by atoms with Crippen molar-refractivity contribution < 1.29 is 14.6 Å². The Morgan fingerprint density at radius 3 is 2.58 bits per heavy atom. The number of carbonyl (C=O) groups is 1. The maximum absolute atomic E-state index is 10.0. The molecule has 0 saturated carbocycles. The Kier molecular flexibility index (Phi) is 7.99. The van der Waals surface area contributed by atoms with Crippen molar-refractivity contribution in [3.8, 4) is 0 Å². The van der Waals surface area contributed by atoms with Gasteiger partial charge in [0.1, 0.15) is 0 Å². The van der Waals surface area contributed by atoms with Crippen molar-refractivity contribution in [1.29, 1.82) is 0 Å². The van der Waals surface area contributed by atoms with Gasteiger partial charge in [0, 0.05) is 26.7 Å². The molecule has 12 heavy (non-hydrogen) atoms. The molecule has 0 aromatic heterocycles. The van der Waals surface area contributed by atoms with Crippen molar-refractivity contribution in [1.82, 2.24) is 10.6 Å². The smallest absolute Gasteiger partial charge is 0.317 e. The zero-order valence-electron chi connectivity index (χ0n) is 7.30. The molecule has 0 atom stereocenters. The summed E-state index contributed by atoms with van der Waals surface area (Å²) in [5.74, 6) is -0.827. The van der Waals surface area contributed by atoms with E-state index in [-0.39, 0.29) is 6.54 Å². The highest BCUT2D eigenvalue weighted by atomic mass is 16.5. The summed E-state index contributed by atoms with van der Waals surface area (Å²) in [5.41, 5.74) is 0. The summed E-state index contributed by atoms with van der Waals surface area (Å²) >= 11 is 0. The molecule has 0 aromatic rings. The standard InChI is InChI=1S/C7H16N2O3/c1-12-5-4-8-2-3-9-6-7(10)11/h8-9H,2-6H2,1H3,(H,10,11). The van der Waals surface area contributed by atoms with Crippen LogP contribution in [0.3, 0.4) is 0 Å². The highest BCUT2D eigenvalue weighted by Crippen LogP contribution is 1.64. The van der Waals surface area contributed by atoms with E-state index < -0.39 is 5.97 Å². The van der Waals surface area contributed by atoms with Crippen LogP contribution in [0.5, 0.6) is 0 Å². The van der Waals surface area contributed by atoms with Gasteiger partial charge in [0.05, 0.1) is 13.2 Å². The molecule has 0 aliphatic carbocycles. The minimum atomic E-state index is -0.827. The second-order valence-electron chi connectivity index (χ2n) is 2.31. The molecule has 0 aliphatic rings. The predicted molar refractivity (Wildman–Crippen MR) is 45.3 cm³/mol. The van der Waals surface area contributed by atoms with Crippen LogP contribution in [-0.2, 0) is 9.53 Å². The van der Waals surface area contributed by atoms with E-state index in [4.69, 9.17) is 9.84 Å². The van der Waals surface area contributed by atoms with E-state index in [1.807, 2.05) is 0 Å². The molecule has 0 aliphatic heterocycles. The fraction of sp³-hybridized carbons (Fsp3) is 0.857. The quantitative estimate of drug-likeness (QED) is 0.409. The van der Waals surface area contributed by atoms with Crippen molar-refractivity contribution in [2.75, 3.05) is 39.9 Å². The first-order valence-electron chi connectivity index (χ1n) is 3.89. The molecule has 0 unspecified atom stereocenters. The Hall–Kier alpha value is -0.650. The summed E-state index contributed by atoms with van der Waals surface area (Å²) in [6.07, 6.45) is 0. The lowest BCUT2D eigenvalue weighted by Crippen LogP contribution is -2.32. The number of ether oxygens (including phenoxy) is 1. The molecular weight excluding hydrogens is 160 g/mol. The summed E-state index contributed by atoms with van der Waals surface area (Å²) in [6.45, 7) is 2.92. The lowest BCUT2D eigenvalue weighted by atomic mass is 10.5. The molecule has 0 spiro atoms. The van der Waals surface area contributed by atoms with Gasteiger partial charge >= 0.3 is 5.97 Å². The number of hydrogen-bond acceptors (Lipinski definition) is 4. The Labute approximate surface area is 72.1 Å². The van der Waals surface area contributed by atoms with E-state index in [1.54, 1.807) is 7.11 Å². The van der Waals surface area contributed by atoms with Crippen LogP contribution in [0.4, 0.5) is 0 Å². The first kappa shape index (κ1) is 11.4. The summed E-state index contributed by atoms with van der Waals surface area (Å²) < 4.78 is 4.81. The zero-order valence-corrected chi connectivity index (χ0v) is 7.30. The van der Waals surface area contributed by atoms with Gasteiger partial charge in [0.15, 0.2) is 0 Å². The second-order valence-corrected chi connectivity index (χ2v) is 2.31. The molecule has 0 amide bonds. The first-order valence-corrected chi connectivity index (χ1v) is 3.89. The molecule has 0 radical (unpaired) electrons. The molecule has 0 bridgehead atoms. The number of carboxylic acid groups (broad SMARTS) is 1. The van der Waals surface area contributed by atoms with Gasteiger partial charge in [-0.15, -0.1) is 0 Å². The van der Waals surface area contributed by atoms with Gasteiger partial charge in [0.25, 0.3) is 0 Å². The minimum absolute atomic E-state index is 0.0198. The van der Waals surface area contributed by atoms with Crippen molar-refractivity contribution in [2.45, 2.75) is 0 Å². The zero-order chi connectivity index (χ0) is 9.23. The summed E-state index contributed by atoms with van der Waals surface area (Å²) in [7, 11) is 1.64. The van der Waals surface area contributed by atoms with E-state index in [0.29, 0.717) is 13.2 Å². The topological polar surface area (TPSA) is 70.6 Å². The maximum atomic E-state index is 10.0. The average molecular weight is 176 g/mol. The van der Waals surface area contributed by atoms with Crippen LogP contribution in [0.1, 0.15) is 0 Å². The Balaban J connectivity index is 2.86. The number of carboxylic acids is 1. The van der Waals surface area contributed by atoms with Crippen LogP contribution in [0.2, 0.25) is 0 Å². The third kappa shape index (κ3) is 9.35. The minimum Gasteiger partial charge on any atom is -0.480 e. The Morgan fingerprint density at radius 2 is 2.00 bits per heavy atom. The molecule has 0 saturated heterocycles. The number of aliphatic carboxylic acids is 1. The molecule has 0 fully saturated rings. The van der Waals surface area contributed by atoms with Crippen molar-refractivity contribution in [3.63, 3.8) is 0 Å². The van der Waals surface area contributed by atoms with Gasteiger partial charge in [-0.3, -0.25) is 4.79 Å². The van der Waals surface area contributed by atoms with E-state index in [0.717, 1.165) is 13.1 Å². The molecule has 0 rings (SSSR count). The van der Waals surface area contributed by atoms with Crippen LogP contribution in [0, 0.1) is 0 Å². The largest absolute Gasteiger partial charge is 0.480 e. The molecular formula is C7H16N2O3. The lowest BCUT2D eigenvalue weighted by molar-refractivity contribution is -0.135.